The Bertz CT molecular complexity index is 1150. The van der Waals surface area contributed by atoms with Crippen LogP contribution < -0.4 is 25.9 Å². The molecule has 37 heavy (non-hydrogen) atoms. The van der Waals surface area contributed by atoms with Gasteiger partial charge in [0.25, 0.3) is 0 Å². The van der Waals surface area contributed by atoms with Gasteiger partial charge in [-0.1, -0.05) is 29.8 Å². The van der Waals surface area contributed by atoms with E-state index in [0.29, 0.717) is 6.42 Å². The molecule has 2 aromatic rings. The number of aryl methyl sites for hydroxylation is 1. The second-order valence-corrected chi connectivity index (χ2v) is 10.7. The van der Waals surface area contributed by atoms with Crippen LogP contribution in [0, 0.1) is 18.8 Å². The number of nitrogens with zero attached hydrogens (tertiary/aromatic N) is 3. The summed E-state index contributed by atoms with van der Waals surface area (Å²) in [6.45, 7) is 5.15. The van der Waals surface area contributed by atoms with Crippen LogP contribution in [0.2, 0.25) is 0 Å². The number of methoxy groups -OCH3 is 1. The Morgan fingerprint density at radius 1 is 1.03 bits per heavy atom. The van der Waals surface area contributed by atoms with Gasteiger partial charge in [-0.3, -0.25) is 9.59 Å². The third-order valence-corrected chi connectivity index (χ3v) is 8.54. The first-order valence-electron chi connectivity index (χ1n) is 13.4. The van der Waals surface area contributed by atoms with Crippen LogP contribution in [0.4, 0.5) is 5.69 Å². The molecule has 0 aromatic heterocycles. The van der Waals surface area contributed by atoms with Gasteiger partial charge in [-0.25, -0.2) is 10.4 Å². The highest BCUT2D eigenvalue weighted by Crippen LogP contribution is 2.39. The summed E-state index contributed by atoms with van der Waals surface area (Å²) < 4.78 is 5.27. The molecule has 3 heterocycles. The maximum atomic E-state index is 13.6. The Morgan fingerprint density at radius 3 is 2.54 bits per heavy atom. The largest absolute Gasteiger partial charge is 0.497 e. The van der Waals surface area contributed by atoms with Crippen LogP contribution in [-0.4, -0.2) is 67.2 Å². The average molecular weight is 505 g/mol. The number of fused-ring (bicyclic) bond motifs is 3. The second kappa shape index (κ2) is 9.96. The van der Waals surface area contributed by atoms with E-state index in [1.165, 1.54) is 5.56 Å². The zero-order chi connectivity index (χ0) is 25.5. The minimum atomic E-state index is -0.183. The van der Waals surface area contributed by atoms with E-state index >= 15 is 0 Å². The number of anilines is 1. The predicted molar refractivity (Wildman–Crippen MR) is 140 cm³/mol. The minimum Gasteiger partial charge on any atom is -0.497 e. The van der Waals surface area contributed by atoms with Crippen molar-refractivity contribution in [2.24, 2.45) is 11.8 Å². The van der Waals surface area contributed by atoms with E-state index in [-0.39, 0.29) is 41.9 Å². The molecule has 9 heteroatoms. The lowest BCUT2D eigenvalue weighted by Gasteiger charge is -2.47. The predicted octanol–water partition coefficient (Wildman–Crippen LogP) is 1.96. The van der Waals surface area contributed by atoms with E-state index < -0.39 is 0 Å². The maximum absolute atomic E-state index is 13.6. The first kappa shape index (κ1) is 24.2. The zero-order valence-electron chi connectivity index (χ0n) is 21.5. The van der Waals surface area contributed by atoms with Crippen molar-refractivity contribution in [2.45, 2.75) is 44.4 Å². The second-order valence-electron chi connectivity index (χ2n) is 10.7. The van der Waals surface area contributed by atoms with Gasteiger partial charge in [0.1, 0.15) is 11.9 Å². The minimum absolute atomic E-state index is 0.00986. The average Bonchev–Trinajstić information content (AvgIpc) is 3.36. The molecule has 9 nitrogen and oxygen atoms in total. The van der Waals surface area contributed by atoms with Gasteiger partial charge in [0.05, 0.1) is 19.1 Å². The number of hydrogen-bond acceptors (Lipinski definition) is 7. The van der Waals surface area contributed by atoms with Crippen molar-refractivity contribution in [2.75, 3.05) is 38.2 Å². The maximum Gasteiger partial charge on any atom is 0.226 e. The molecule has 4 aliphatic rings. The molecule has 5 atom stereocenters. The molecule has 5 unspecified atom stereocenters. The summed E-state index contributed by atoms with van der Waals surface area (Å²) in [6.07, 6.45) is 2.01. The highest BCUT2D eigenvalue weighted by molar-refractivity contribution is 5.83. The quantitative estimate of drug-likeness (QED) is 0.587. The Morgan fingerprint density at radius 2 is 1.81 bits per heavy atom. The summed E-state index contributed by atoms with van der Waals surface area (Å²) >= 11 is 0. The molecule has 1 aliphatic carbocycles. The zero-order valence-corrected chi connectivity index (χ0v) is 21.5. The fourth-order valence-corrected chi connectivity index (χ4v) is 6.50. The first-order valence-corrected chi connectivity index (χ1v) is 13.4. The molecule has 3 N–H and O–H groups in total. The van der Waals surface area contributed by atoms with Gasteiger partial charge in [0.15, 0.2) is 0 Å². The summed E-state index contributed by atoms with van der Waals surface area (Å²) in [5.41, 5.74) is 10.2. The summed E-state index contributed by atoms with van der Waals surface area (Å²) in [7, 11) is 1.67. The fraction of sp³-hybridized carbons (Fsp3) is 0.500. The Labute approximate surface area is 218 Å². The van der Waals surface area contributed by atoms with Crippen molar-refractivity contribution >= 4 is 17.5 Å². The van der Waals surface area contributed by atoms with E-state index in [1.807, 2.05) is 23.1 Å². The van der Waals surface area contributed by atoms with Crippen LogP contribution in [0.5, 0.6) is 5.75 Å². The number of rotatable bonds is 4. The van der Waals surface area contributed by atoms with E-state index in [0.717, 1.165) is 56.0 Å². The molecule has 6 rings (SSSR count). The molecule has 3 saturated heterocycles. The summed E-state index contributed by atoms with van der Waals surface area (Å²) in [5.74, 6) is 1.03. The van der Waals surface area contributed by atoms with Gasteiger partial charge in [0, 0.05) is 43.8 Å². The van der Waals surface area contributed by atoms with Crippen molar-refractivity contribution in [1.82, 2.24) is 26.2 Å². The molecule has 196 valence electrons. The number of amides is 2. The molecule has 2 aromatic carbocycles. The third kappa shape index (κ3) is 4.56. The molecule has 4 fully saturated rings. The van der Waals surface area contributed by atoms with E-state index in [1.54, 1.807) is 7.11 Å². The SMILES string of the molecule is COc1ccc(N2CCN(C(=O)C3CCC4C(=O)NC5C(c6cccc(C)c6)NNN5C4C3)CC2)cc1. The van der Waals surface area contributed by atoms with Crippen LogP contribution in [0.15, 0.2) is 48.5 Å². The third-order valence-electron chi connectivity index (χ3n) is 8.54. The van der Waals surface area contributed by atoms with Gasteiger partial charge >= 0.3 is 0 Å². The van der Waals surface area contributed by atoms with E-state index in [4.69, 9.17) is 4.74 Å². The highest BCUT2D eigenvalue weighted by Gasteiger charge is 2.51. The van der Waals surface area contributed by atoms with Gasteiger partial charge in [-0.15, -0.1) is 0 Å². The number of carbonyl (C=O) groups is 2. The lowest BCUT2D eigenvalue weighted by Crippen LogP contribution is -2.66. The van der Waals surface area contributed by atoms with Gasteiger partial charge < -0.3 is 19.9 Å². The molecule has 0 radical (unpaired) electrons. The number of hydrazine groups is 2. The molecule has 2 amide bonds. The van der Waals surface area contributed by atoms with Gasteiger partial charge in [0.2, 0.25) is 11.8 Å². The molecule has 3 aliphatic heterocycles. The number of hydrogen-bond donors (Lipinski definition) is 3. The lowest BCUT2D eigenvalue weighted by molar-refractivity contribution is -0.147. The van der Waals surface area contributed by atoms with Crippen LogP contribution in [0.1, 0.15) is 36.4 Å². The smallest absolute Gasteiger partial charge is 0.226 e. The molecule has 0 spiro atoms. The number of benzene rings is 2. The van der Waals surface area contributed by atoms with Crippen LogP contribution >= 0.6 is 0 Å². The number of piperazine rings is 1. The topological polar surface area (TPSA) is 89.2 Å². The molecule has 1 saturated carbocycles. The molecule has 0 bridgehead atoms. The van der Waals surface area contributed by atoms with Crippen molar-refractivity contribution in [3.05, 3.63) is 59.7 Å². The Hall–Kier alpha value is -3.14. The molecular formula is C28H36N6O3. The van der Waals surface area contributed by atoms with E-state index in [9.17, 15) is 9.59 Å². The number of nitrogens with one attached hydrogen (secondary N) is 3. The van der Waals surface area contributed by atoms with Crippen molar-refractivity contribution in [3.8, 4) is 5.75 Å². The number of ether oxygens (including phenoxy) is 1. The van der Waals surface area contributed by atoms with Crippen molar-refractivity contribution in [1.29, 1.82) is 0 Å². The Kier molecular flexibility index (Phi) is 6.52. The summed E-state index contributed by atoms with van der Waals surface area (Å²) in [4.78, 5) is 31.0. The number of carbonyl (C=O) groups excluding carboxylic acids is 2. The van der Waals surface area contributed by atoms with Crippen molar-refractivity contribution < 1.29 is 14.3 Å². The summed E-state index contributed by atoms with van der Waals surface area (Å²) in [5, 5.41) is 5.39. The standard InChI is InChI=1S/C28H36N6O3/c1-18-4-3-5-19(16-18)25-26-29-27(35)23-11-6-20(17-24(23)34(26)31-30-25)28(36)33-14-12-32(13-15-33)21-7-9-22(37-2)10-8-21/h3-5,7-10,16,20,23-26,30-31H,6,11-15,17H2,1-2H3,(H,29,35). The van der Waals surface area contributed by atoms with Crippen molar-refractivity contribution in [3.63, 3.8) is 0 Å². The Balaban J connectivity index is 1.10. The fourth-order valence-electron chi connectivity index (χ4n) is 6.50. The first-order chi connectivity index (χ1) is 18.0. The normalized spacial score (nSPS) is 29.9. The van der Waals surface area contributed by atoms with Gasteiger partial charge in [-0.05, 0) is 56.0 Å². The van der Waals surface area contributed by atoms with Crippen LogP contribution in [0.3, 0.4) is 0 Å². The lowest BCUT2D eigenvalue weighted by atomic mass is 9.75. The van der Waals surface area contributed by atoms with Crippen LogP contribution in [0.25, 0.3) is 0 Å². The summed E-state index contributed by atoms with van der Waals surface area (Å²) in [6, 6.07) is 16.4. The highest BCUT2D eigenvalue weighted by atomic mass is 16.5. The van der Waals surface area contributed by atoms with Gasteiger partial charge in [-0.2, -0.15) is 5.53 Å². The van der Waals surface area contributed by atoms with E-state index in [2.05, 4.69) is 63.4 Å². The monoisotopic (exact) mass is 504 g/mol. The molecular weight excluding hydrogens is 468 g/mol. The van der Waals surface area contributed by atoms with Crippen LogP contribution in [-0.2, 0) is 9.59 Å².